The molecule has 2 atom stereocenters. The smallest absolute Gasteiger partial charge is 0.262 e. The van der Waals surface area contributed by atoms with Crippen molar-refractivity contribution in [1.82, 2.24) is 30.4 Å². The number of rotatable bonds is 9. The van der Waals surface area contributed by atoms with Crippen molar-refractivity contribution in [2.75, 3.05) is 55.6 Å². The van der Waals surface area contributed by atoms with Gasteiger partial charge in [0.15, 0.2) is 0 Å². The van der Waals surface area contributed by atoms with Crippen molar-refractivity contribution in [3.05, 3.63) is 88.3 Å². The minimum atomic E-state index is -0.822. The van der Waals surface area contributed by atoms with Crippen LogP contribution < -0.4 is 25.2 Å². The molecule has 2 aromatic carbocycles. The van der Waals surface area contributed by atoms with Crippen LogP contribution in [-0.2, 0) is 4.79 Å². The second-order valence-electron chi connectivity index (χ2n) is 15.3. The van der Waals surface area contributed by atoms with E-state index in [-0.39, 0.29) is 24.0 Å². The molecule has 5 aliphatic rings. The van der Waals surface area contributed by atoms with Crippen LogP contribution in [0.3, 0.4) is 0 Å². The lowest BCUT2D eigenvalue weighted by Crippen LogP contribution is -2.51. The highest BCUT2D eigenvalue weighted by molar-refractivity contribution is 6.31. The zero-order chi connectivity index (χ0) is 38.9. The predicted octanol–water partition coefficient (Wildman–Crippen LogP) is 4.16. The van der Waals surface area contributed by atoms with Crippen LogP contribution in [0.5, 0.6) is 5.75 Å². The molecule has 0 spiro atoms. The number of aromatic nitrogens is 2. The predicted molar refractivity (Wildman–Crippen MR) is 209 cm³/mol. The Kier molecular flexibility index (Phi) is 10.6. The van der Waals surface area contributed by atoms with Gasteiger partial charge in [-0.3, -0.25) is 29.0 Å². The number of carbonyl (C=O) groups is 4. The Bertz CT molecular complexity index is 2090. The maximum Gasteiger partial charge on any atom is 0.262 e. The van der Waals surface area contributed by atoms with Gasteiger partial charge in [-0.05, 0) is 81.2 Å². The third-order valence-electron chi connectivity index (χ3n) is 11.6. The molecule has 5 heterocycles. The Morgan fingerprint density at radius 2 is 1.68 bits per heavy atom. The molecule has 14 nitrogen and oxygen atoms in total. The van der Waals surface area contributed by atoms with Crippen LogP contribution in [0.2, 0.25) is 5.02 Å². The van der Waals surface area contributed by atoms with Crippen LogP contribution in [0.4, 0.5) is 11.6 Å². The Balaban J connectivity index is 0.769. The lowest BCUT2D eigenvalue weighted by Gasteiger charge is -2.37. The van der Waals surface area contributed by atoms with Crippen molar-refractivity contribution in [2.45, 2.75) is 63.1 Å². The van der Waals surface area contributed by atoms with E-state index in [2.05, 4.69) is 47.9 Å². The summed E-state index contributed by atoms with van der Waals surface area (Å²) in [6.45, 7) is 9.79. The first kappa shape index (κ1) is 37.4. The molecule has 4 amide bonds. The van der Waals surface area contributed by atoms with E-state index >= 15 is 0 Å². The van der Waals surface area contributed by atoms with Gasteiger partial charge in [-0.15, -0.1) is 0 Å². The summed E-state index contributed by atoms with van der Waals surface area (Å²) in [5.74, 6) is 0.354. The number of amides is 4. The number of anilines is 2. The van der Waals surface area contributed by atoms with E-state index < -0.39 is 17.9 Å². The Hall–Kier alpha value is -5.52. The van der Waals surface area contributed by atoms with Gasteiger partial charge in [0.05, 0.1) is 33.4 Å². The average Bonchev–Trinajstić information content (AvgIpc) is 3.77. The number of hydrogen-bond acceptors (Lipinski definition) is 11. The molecule has 1 unspecified atom stereocenters. The van der Waals surface area contributed by atoms with E-state index in [1.807, 2.05) is 6.07 Å². The highest BCUT2D eigenvalue weighted by Gasteiger charge is 2.44. The number of allylic oxidation sites excluding steroid dienone is 1. The molecule has 4 fully saturated rings. The van der Waals surface area contributed by atoms with E-state index in [4.69, 9.17) is 21.6 Å². The zero-order valence-corrected chi connectivity index (χ0v) is 31.8. The van der Waals surface area contributed by atoms with Gasteiger partial charge in [0.25, 0.3) is 17.7 Å². The minimum absolute atomic E-state index is 0.0229. The average molecular weight is 778 g/mol. The Morgan fingerprint density at radius 3 is 2.39 bits per heavy atom. The van der Waals surface area contributed by atoms with E-state index in [1.54, 1.807) is 42.7 Å². The van der Waals surface area contributed by atoms with Crippen LogP contribution in [0, 0.1) is 17.2 Å². The van der Waals surface area contributed by atoms with Crippen molar-refractivity contribution < 1.29 is 23.9 Å². The number of piperidine rings is 1. The summed E-state index contributed by atoms with van der Waals surface area (Å²) < 4.78 is 6.08. The molecule has 15 heteroatoms. The first-order chi connectivity index (χ1) is 27.1. The lowest BCUT2D eigenvalue weighted by molar-refractivity contribution is -0.125. The molecule has 8 rings (SSSR count). The van der Waals surface area contributed by atoms with Crippen LogP contribution in [0.25, 0.3) is 0 Å². The fourth-order valence-electron chi connectivity index (χ4n) is 8.50. The van der Waals surface area contributed by atoms with Gasteiger partial charge in [-0.1, -0.05) is 18.2 Å². The molecule has 0 bridgehead atoms. The van der Waals surface area contributed by atoms with E-state index in [0.29, 0.717) is 63.4 Å². The first-order valence-corrected chi connectivity index (χ1v) is 19.7. The largest absolute Gasteiger partial charge is 0.490 e. The second-order valence-corrected chi connectivity index (χ2v) is 15.7. The summed E-state index contributed by atoms with van der Waals surface area (Å²) in [6.07, 6.45) is 8.35. The SMILES string of the molecule is C=C1CCC(N2C(=O)c3ccc(N4CCN(C[C@@H]5CCN(c6ncc(C(=O)NC7CCC(Oc8ccc(C#N)c(Cl)c8)CC7)cn6)C5)CC4)cc3C2=O)C(=O)N1. The topological polar surface area (TPSA) is 164 Å². The number of imide groups is 1. The molecule has 0 radical (unpaired) electrons. The van der Waals surface area contributed by atoms with E-state index in [0.717, 1.165) is 88.5 Å². The van der Waals surface area contributed by atoms with Crippen molar-refractivity contribution in [2.24, 2.45) is 5.92 Å². The molecule has 2 N–H and O–H groups in total. The minimum Gasteiger partial charge on any atom is -0.490 e. The third-order valence-corrected chi connectivity index (χ3v) is 11.9. The molecule has 4 aliphatic heterocycles. The van der Waals surface area contributed by atoms with Crippen LogP contribution in [-0.4, -0.2) is 107 Å². The molecule has 3 saturated heterocycles. The van der Waals surface area contributed by atoms with Gasteiger partial charge < -0.3 is 25.2 Å². The first-order valence-electron chi connectivity index (χ1n) is 19.4. The van der Waals surface area contributed by atoms with Gasteiger partial charge in [-0.2, -0.15) is 5.26 Å². The highest BCUT2D eigenvalue weighted by Crippen LogP contribution is 2.32. The van der Waals surface area contributed by atoms with Gasteiger partial charge in [-0.25, -0.2) is 9.97 Å². The molecule has 1 aliphatic carbocycles. The number of carbonyl (C=O) groups excluding carboxylic acids is 4. The quantitative estimate of drug-likeness (QED) is 0.300. The standard InChI is InChI=1S/C41H44ClN9O5/c1-25-2-11-36(38(53)46-25)51-39(54)33-10-6-30(18-34(33)40(51)55)49-16-14-48(15-17-49)23-26-12-13-50(24-26)41-44-21-28(22-45-41)37(52)47-29-4-8-31(9-5-29)56-32-7-3-27(20-43)35(42)19-32/h3,6-7,10,18-19,21-22,26,29,31,36H,1-2,4-5,8-9,11-17,23-24H2,(H,46,53)(H,47,52)/t26-,29?,31?,36?/m0/s1. The third kappa shape index (κ3) is 7.79. The maximum absolute atomic E-state index is 13.4. The number of fused-ring (bicyclic) bond motifs is 1. The van der Waals surface area contributed by atoms with E-state index in [9.17, 15) is 19.2 Å². The highest BCUT2D eigenvalue weighted by atomic mass is 35.5. The Labute approximate surface area is 330 Å². The lowest BCUT2D eigenvalue weighted by atomic mass is 9.92. The van der Waals surface area contributed by atoms with Crippen LogP contribution >= 0.6 is 11.6 Å². The summed E-state index contributed by atoms with van der Waals surface area (Å²) in [6, 6.07) is 11.8. The number of halogens is 1. The van der Waals surface area contributed by atoms with Crippen molar-refractivity contribution in [3.63, 3.8) is 0 Å². The number of ether oxygens (including phenoxy) is 1. The van der Waals surface area contributed by atoms with Crippen LogP contribution in [0.1, 0.15) is 81.6 Å². The van der Waals surface area contributed by atoms with Gasteiger partial charge >= 0.3 is 0 Å². The van der Waals surface area contributed by atoms with Crippen molar-refractivity contribution in [1.29, 1.82) is 5.26 Å². The molecular weight excluding hydrogens is 734 g/mol. The van der Waals surface area contributed by atoms with Gasteiger partial charge in [0.1, 0.15) is 17.9 Å². The Morgan fingerprint density at radius 1 is 0.929 bits per heavy atom. The summed E-state index contributed by atoms with van der Waals surface area (Å²) >= 11 is 6.15. The molecule has 290 valence electrons. The number of benzene rings is 2. The monoisotopic (exact) mass is 777 g/mol. The summed E-state index contributed by atoms with van der Waals surface area (Å²) in [5.41, 5.74) is 3.05. The normalized spacial score (nSPS) is 24.2. The number of nitrogens with one attached hydrogen (secondary N) is 2. The van der Waals surface area contributed by atoms with Gasteiger partial charge in [0.2, 0.25) is 11.9 Å². The fourth-order valence-corrected chi connectivity index (χ4v) is 8.71. The summed E-state index contributed by atoms with van der Waals surface area (Å²) in [5, 5.41) is 15.3. The van der Waals surface area contributed by atoms with Gasteiger partial charge in [0, 0.05) is 81.7 Å². The zero-order valence-electron chi connectivity index (χ0n) is 31.1. The van der Waals surface area contributed by atoms with Crippen molar-refractivity contribution >= 4 is 46.9 Å². The number of nitrogens with zero attached hydrogens (tertiary/aromatic N) is 7. The van der Waals surface area contributed by atoms with E-state index in [1.165, 1.54) is 0 Å². The number of hydrogen-bond donors (Lipinski definition) is 2. The number of nitriles is 1. The van der Waals surface area contributed by atoms with Crippen molar-refractivity contribution in [3.8, 4) is 11.8 Å². The molecular formula is C41H44ClN9O5. The molecule has 56 heavy (non-hydrogen) atoms. The maximum atomic E-state index is 13.4. The fraction of sp³-hybridized carbons (Fsp3) is 0.439. The second kappa shape index (κ2) is 15.9. The summed E-state index contributed by atoms with van der Waals surface area (Å²) in [4.78, 5) is 69.3. The molecule has 3 aromatic rings. The molecule has 1 saturated carbocycles. The number of piperazine rings is 1. The molecule has 1 aromatic heterocycles. The summed E-state index contributed by atoms with van der Waals surface area (Å²) in [7, 11) is 0. The van der Waals surface area contributed by atoms with Crippen LogP contribution in [0.15, 0.2) is 61.1 Å².